The van der Waals surface area contributed by atoms with E-state index in [1.165, 1.54) is 6.20 Å². The molecule has 0 aliphatic carbocycles. The van der Waals surface area contributed by atoms with Crippen LogP contribution in [0.4, 0.5) is 0 Å². The highest BCUT2D eigenvalue weighted by atomic mass is 32.2. The summed E-state index contributed by atoms with van der Waals surface area (Å²) in [4.78, 5) is 20.7. The molecule has 2 rings (SSSR count). The zero-order valence-electron chi connectivity index (χ0n) is 12.4. The van der Waals surface area contributed by atoms with Gasteiger partial charge in [-0.05, 0) is 26.2 Å². The number of hydrogen-bond donors (Lipinski definition) is 2. The van der Waals surface area contributed by atoms with Crippen LogP contribution in [0.25, 0.3) is 0 Å². The number of carbonyl (C=O) groups is 1. The Bertz CT molecular complexity index is 590. The van der Waals surface area contributed by atoms with Gasteiger partial charge in [0.05, 0.1) is 12.2 Å². The van der Waals surface area contributed by atoms with Crippen molar-refractivity contribution in [2.45, 2.75) is 50.6 Å². The summed E-state index contributed by atoms with van der Waals surface area (Å²) >= 11 is 0. The number of likely N-dealkylation sites (tertiary alicyclic amines) is 1. The molecule has 0 aromatic carbocycles. The summed E-state index contributed by atoms with van der Waals surface area (Å²) in [5, 5.41) is -0.00218. The van der Waals surface area contributed by atoms with E-state index in [9.17, 15) is 13.2 Å². The molecule has 1 aliphatic rings. The van der Waals surface area contributed by atoms with Crippen LogP contribution in [0.2, 0.25) is 0 Å². The molecule has 0 saturated carbocycles. The first-order chi connectivity index (χ1) is 9.94. The average Bonchev–Trinajstić information content (AvgIpc) is 2.96. The first-order valence-electron chi connectivity index (χ1n) is 7.29. The number of piperidine rings is 1. The molecule has 1 amide bonds. The largest absolute Gasteiger partial charge is 0.341 e. The van der Waals surface area contributed by atoms with Crippen molar-refractivity contribution >= 4 is 15.9 Å². The van der Waals surface area contributed by atoms with Gasteiger partial charge in [-0.25, -0.2) is 13.4 Å². The Morgan fingerprint density at radius 2 is 2.10 bits per heavy atom. The van der Waals surface area contributed by atoms with Crippen LogP contribution in [0, 0.1) is 0 Å². The number of rotatable bonds is 5. The van der Waals surface area contributed by atoms with E-state index in [0.717, 1.165) is 19.3 Å². The maximum atomic E-state index is 12.2. The minimum absolute atomic E-state index is 0.00218. The molecule has 118 valence electrons. The van der Waals surface area contributed by atoms with Crippen molar-refractivity contribution in [3.63, 3.8) is 0 Å². The Labute approximate surface area is 125 Å². The molecule has 1 aliphatic heterocycles. The third-order valence-electron chi connectivity index (χ3n) is 3.60. The van der Waals surface area contributed by atoms with E-state index in [2.05, 4.69) is 14.7 Å². The predicted molar refractivity (Wildman–Crippen MR) is 78.2 cm³/mol. The second kappa shape index (κ2) is 6.57. The average molecular weight is 314 g/mol. The Morgan fingerprint density at radius 3 is 2.67 bits per heavy atom. The van der Waals surface area contributed by atoms with Crippen LogP contribution in [-0.4, -0.2) is 48.3 Å². The lowest BCUT2D eigenvalue weighted by atomic mass is 10.1. The van der Waals surface area contributed by atoms with Crippen molar-refractivity contribution in [1.82, 2.24) is 19.6 Å². The monoisotopic (exact) mass is 314 g/mol. The van der Waals surface area contributed by atoms with Gasteiger partial charge in [-0.3, -0.25) is 4.79 Å². The second-order valence-electron chi connectivity index (χ2n) is 5.28. The number of carbonyl (C=O) groups excluding carboxylic acids is 1. The number of nitrogens with zero attached hydrogens (tertiary/aromatic N) is 2. The Morgan fingerprint density at radius 1 is 1.43 bits per heavy atom. The molecule has 1 aromatic heterocycles. The first kappa shape index (κ1) is 16.0. The van der Waals surface area contributed by atoms with Gasteiger partial charge in [0.15, 0.2) is 5.03 Å². The molecule has 1 saturated heterocycles. The lowest BCUT2D eigenvalue weighted by Gasteiger charge is -2.29. The van der Waals surface area contributed by atoms with Crippen LogP contribution < -0.4 is 4.72 Å². The third-order valence-corrected chi connectivity index (χ3v) is 5.05. The Hall–Kier alpha value is -1.41. The number of H-pyrrole nitrogens is 1. The molecule has 0 radical (unpaired) electrons. The molecule has 21 heavy (non-hydrogen) atoms. The quantitative estimate of drug-likeness (QED) is 0.834. The van der Waals surface area contributed by atoms with E-state index in [0.29, 0.717) is 25.3 Å². The van der Waals surface area contributed by atoms with Gasteiger partial charge < -0.3 is 9.88 Å². The fourth-order valence-electron chi connectivity index (χ4n) is 2.39. The summed E-state index contributed by atoms with van der Waals surface area (Å²) in [5.41, 5.74) is 0. The van der Waals surface area contributed by atoms with Crippen LogP contribution >= 0.6 is 0 Å². The number of sulfonamides is 1. The van der Waals surface area contributed by atoms with Crippen LogP contribution in [-0.2, 0) is 21.2 Å². The third kappa shape index (κ3) is 3.82. The van der Waals surface area contributed by atoms with Crippen LogP contribution in [0.1, 0.15) is 38.9 Å². The van der Waals surface area contributed by atoms with Gasteiger partial charge in [-0.2, -0.15) is 4.72 Å². The van der Waals surface area contributed by atoms with Gasteiger partial charge in [-0.1, -0.05) is 6.92 Å². The Balaban J connectivity index is 2.03. The molecule has 7 nitrogen and oxygen atoms in total. The fourth-order valence-corrected chi connectivity index (χ4v) is 3.53. The number of amides is 1. The SMILES string of the molecule is CCc1ncc(S(=O)(=O)NC(C)C(=O)N2CCCCC2)[nH]1. The topological polar surface area (TPSA) is 95.2 Å². The summed E-state index contributed by atoms with van der Waals surface area (Å²) in [6, 6.07) is -0.776. The van der Waals surface area contributed by atoms with Crippen LogP contribution in [0.3, 0.4) is 0 Å². The van der Waals surface area contributed by atoms with E-state index in [1.54, 1.807) is 11.8 Å². The maximum absolute atomic E-state index is 12.2. The highest BCUT2D eigenvalue weighted by molar-refractivity contribution is 7.89. The summed E-state index contributed by atoms with van der Waals surface area (Å²) in [6.07, 6.45) is 4.98. The molecule has 8 heteroatoms. The smallest absolute Gasteiger partial charge is 0.258 e. The molecule has 1 unspecified atom stereocenters. The van der Waals surface area contributed by atoms with Crippen molar-refractivity contribution in [3.8, 4) is 0 Å². The summed E-state index contributed by atoms with van der Waals surface area (Å²) < 4.78 is 26.8. The minimum Gasteiger partial charge on any atom is -0.341 e. The zero-order chi connectivity index (χ0) is 15.5. The predicted octanol–water partition coefficient (Wildman–Crippen LogP) is 0.651. The van der Waals surface area contributed by atoms with Crippen molar-refractivity contribution < 1.29 is 13.2 Å². The summed E-state index contributed by atoms with van der Waals surface area (Å²) in [5.74, 6) is 0.430. The number of nitrogens with one attached hydrogen (secondary N) is 2. The van der Waals surface area contributed by atoms with Crippen molar-refractivity contribution in [2.24, 2.45) is 0 Å². The lowest BCUT2D eigenvalue weighted by molar-refractivity contribution is -0.133. The second-order valence-corrected chi connectivity index (χ2v) is 6.96. The summed E-state index contributed by atoms with van der Waals surface area (Å²) in [7, 11) is -3.75. The zero-order valence-corrected chi connectivity index (χ0v) is 13.2. The molecular weight excluding hydrogens is 292 g/mol. The molecule has 1 fully saturated rings. The van der Waals surface area contributed by atoms with Crippen LogP contribution in [0.5, 0.6) is 0 Å². The van der Waals surface area contributed by atoms with Gasteiger partial charge in [0, 0.05) is 19.5 Å². The van der Waals surface area contributed by atoms with Crippen LogP contribution in [0.15, 0.2) is 11.2 Å². The molecule has 0 bridgehead atoms. The van der Waals surface area contributed by atoms with Gasteiger partial charge in [0.2, 0.25) is 5.91 Å². The van der Waals surface area contributed by atoms with E-state index < -0.39 is 16.1 Å². The standard InChI is InChI=1S/C13H22N4O3S/c1-3-11-14-9-12(15-11)21(19,20)16-10(2)13(18)17-7-5-4-6-8-17/h9-10,16H,3-8H2,1-2H3,(H,14,15). The highest BCUT2D eigenvalue weighted by Crippen LogP contribution is 2.12. The normalized spacial score (nSPS) is 17.7. The Kier molecular flexibility index (Phi) is 5.00. The van der Waals surface area contributed by atoms with E-state index in [-0.39, 0.29) is 10.9 Å². The van der Waals surface area contributed by atoms with Crippen molar-refractivity contribution in [3.05, 3.63) is 12.0 Å². The molecule has 2 heterocycles. The van der Waals surface area contributed by atoms with E-state index in [4.69, 9.17) is 0 Å². The van der Waals surface area contributed by atoms with Gasteiger partial charge in [-0.15, -0.1) is 0 Å². The van der Waals surface area contributed by atoms with Gasteiger partial charge >= 0.3 is 0 Å². The van der Waals surface area contributed by atoms with E-state index in [1.807, 2.05) is 6.92 Å². The summed E-state index contributed by atoms with van der Waals surface area (Å²) in [6.45, 7) is 4.86. The molecule has 1 atom stereocenters. The van der Waals surface area contributed by atoms with E-state index >= 15 is 0 Å². The number of aryl methyl sites for hydroxylation is 1. The van der Waals surface area contributed by atoms with Gasteiger partial charge in [0.25, 0.3) is 10.0 Å². The lowest BCUT2D eigenvalue weighted by Crippen LogP contribution is -2.48. The number of imidazole rings is 1. The number of hydrogen-bond acceptors (Lipinski definition) is 4. The number of aromatic nitrogens is 2. The van der Waals surface area contributed by atoms with Crippen molar-refractivity contribution in [1.29, 1.82) is 0 Å². The number of aromatic amines is 1. The minimum atomic E-state index is -3.75. The first-order valence-corrected chi connectivity index (χ1v) is 8.77. The maximum Gasteiger partial charge on any atom is 0.258 e. The van der Waals surface area contributed by atoms with Gasteiger partial charge in [0.1, 0.15) is 5.82 Å². The molecule has 0 spiro atoms. The fraction of sp³-hybridized carbons (Fsp3) is 0.692. The molecule has 1 aromatic rings. The van der Waals surface area contributed by atoms with Crippen molar-refractivity contribution in [2.75, 3.05) is 13.1 Å². The molecule has 2 N–H and O–H groups in total. The highest BCUT2D eigenvalue weighted by Gasteiger charge is 2.27. The molecular formula is C13H22N4O3S.